The van der Waals surface area contributed by atoms with Crippen LogP contribution in [0.25, 0.3) is 0 Å². The molecule has 2 aromatic carbocycles. The Labute approximate surface area is 153 Å². The summed E-state index contributed by atoms with van der Waals surface area (Å²) in [6, 6.07) is 11.4. The maximum atomic E-state index is 12.7. The smallest absolute Gasteiger partial charge is 0.336 e. The van der Waals surface area contributed by atoms with Crippen molar-refractivity contribution in [3.63, 3.8) is 0 Å². The lowest BCUT2D eigenvalue weighted by Gasteiger charge is -2.16. The summed E-state index contributed by atoms with van der Waals surface area (Å²) < 4.78 is 0. The van der Waals surface area contributed by atoms with E-state index in [0.717, 1.165) is 22.2 Å². The summed E-state index contributed by atoms with van der Waals surface area (Å²) in [6.07, 6.45) is 0.0269. The lowest BCUT2D eigenvalue weighted by molar-refractivity contribution is -0.121. The fourth-order valence-corrected chi connectivity index (χ4v) is 3.93. The quantitative estimate of drug-likeness (QED) is 0.823. The van der Waals surface area contributed by atoms with Gasteiger partial charge in [-0.1, -0.05) is 23.7 Å². The van der Waals surface area contributed by atoms with Crippen molar-refractivity contribution in [2.75, 3.05) is 4.90 Å². The topological polar surface area (TPSA) is 74.7 Å². The number of benzene rings is 2. The zero-order valence-corrected chi connectivity index (χ0v) is 14.8. The Morgan fingerprint density at radius 2 is 1.96 bits per heavy atom. The van der Waals surface area contributed by atoms with E-state index in [4.69, 9.17) is 11.6 Å². The molecule has 2 amide bonds. The summed E-state index contributed by atoms with van der Waals surface area (Å²) in [5, 5.41) is 9.17. The lowest BCUT2D eigenvalue weighted by Crippen LogP contribution is -2.31. The first kappa shape index (κ1) is 17.5. The largest absolute Gasteiger partial charge is 0.478 e. The molecule has 128 valence electrons. The van der Waals surface area contributed by atoms with E-state index in [1.165, 1.54) is 6.07 Å². The van der Waals surface area contributed by atoms with Crippen LogP contribution in [-0.2, 0) is 9.59 Å². The highest BCUT2D eigenvalue weighted by molar-refractivity contribution is 8.00. The van der Waals surface area contributed by atoms with Crippen LogP contribution in [0, 0.1) is 6.92 Å². The number of carboxylic acids is 1. The highest BCUT2D eigenvalue weighted by Crippen LogP contribution is 2.36. The Morgan fingerprint density at radius 3 is 2.64 bits per heavy atom. The van der Waals surface area contributed by atoms with E-state index in [1.54, 1.807) is 43.3 Å². The molecule has 1 atom stereocenters. The number of carbonyl (C=O) groups is 3. The number of nitrogens with zero attached hydrogens (tertiary/aromatic N) is 1. The molecule has 0 spiro atoms. The minimum absolute atomic E-state index is 0.0269. The predicted molar refractivity (Wildman–Crippen MR) is 96.3 cm³/mol. The number of imide groups is 1. The normalized spacial score (nSPS) is 17.2. The molecule has 1 aliphatic heterocycles. The van der Waals surface area contributed by atoms with Gasteiger partial charge in [0.05, 0.1) is 16.5 Å². The van der Waals surface area contributed by atoms with Crippen LogP contribution in [0.4, 0.5) is 5.69 Å². The van der Waals surface area contributed by atoms with Gasteiger partial charge in [-0.25, -0.2) is 9.69 Å². The number of carbonyl (C=O) groups excluding carboxylic acids is 2. The van der Waals surface area contributed by atoms with Crippen molar-refractivity contribution in [1.82, 2.24) is 0 Å². The zero-order valence-electron chi connectivity index (χ0n) is 13.2. The third-order valence-corrected chi connectivity index (χ3v) is 5.58. The minimum atomic E-state index is -1.06. The van der Waals surface area contributed by atoms with Crippen LogP contribution in [0.15, 0.2) is 47.4 Å². The van der Waals surface area contributed by atoms with Gasteiger partial charge >= 0.3 is 5.97 Å². The number of thioether (sulfide) groups is 1. The van der Waals surface area contributed by atoms with Gasteiger partial charge in [-0.3, -0.25) is 9.59 Å². The van der Waals surface area contributed by atoms with E-state index in [9.17, 15) is 19.5 Å². The van der Waals surface area contributed by atoms with Crippen LogP contribution in [0.3, 0.4) is 0 Å². The molecule has 1 fully saturated rings. The fourth-order valence-electron chi connectivity index (χ4n) is 2.63. The van der Waals surface area contributed by atoms with Crippen molar-refractivity contribution in [1.29, 1.82) is 0 Å². The van der Waals surface area contributed by atoms with Crippen LogP contribution >= 0.6 is 23.4 Å². The second-order valence-electron chi connectivity index (χ2n) is 5.61. The van der Waals surface area contributed by atoms with Gasteiger partial charge in [0.15, 0.2) is 0 Å². The summed E-state index contributed by atoms with van der Waals surface area (Å²) in [5.41, 5.74) is 1.37. The molecule has 0 bridgehead atoms. The first-order chi connectivity index (χ1) is 11.9. The Morgan fingerprint density at radius 1 is 1.24 bits per heavy atom. The Bertz CT molecular complexity index is 883. The monoisotopic (exact) mass is 375 g/mol. The second kappa shape index (κ2) is 6.90. The van der Waals surface area contributed by atoms with Gasteiger partial charge < -0.3 is 5.11 Å². The fraction of sp³-hybridized carbons (Fsp3) is 0.167. The molecule has 1 saturated heterocycles. The molecule has 5 nitrogen and oxygen atoms in total. The molecule has 2 aromatic rings. The van der Waals surface area contributed by atoms with Crippen molar-refractivity contribution < 1.29 is 19.5 Å². The average Bonchev–Trinajstić information content (AvgIpc) is 2.84. The van der Waals surface area contributed by atoms with Crippen LogP contribution in [0.1, 0.15) is 22.3 Å². The summed E-state index contributed by atoms with van der Waals surface area (Å²) in [4.78, 5) is 38.0. The first-order valence-electron chi connectivity index (χ1n) is 7.50. The van der Waals surface area contributed by atoms with Crippen molar-refractivity contribution in [3.05, 3.63) is 58.6 Å². The van der Waals surface area contributed by atoms with E-state index in [1.807, 2.05) is 0 Å². The van der Waals surface area contributed by atoms with E-state index >= 15 is 0 Å². The van der Waals surface area contributed by atoms with Crippen molar-refractivity contribution in [2.24, 2.45) is 0 Å². The molecule has 25 heavy (non-hydrogen) atoms. The third kappa shape index (κ3) is 3.41. The third-order valence-electron chi connectivity index (χ3n) is 3.89. The molecule has 0 radical (unpaired) electrons. The van der Waals surface area contributed by atoms with Gasteiger partial charge in [-0.05, 0) is 42.8 Å². The van der Waals surface area contributed by atoms with Crippen LogP contribution in [-0.4, -0.2) is 28.1 Å². The average molecular weight is 376 g/mol. The minimum Gasteiger partial charge on any atom is -0.478 e. The Balaban J connectivity index is 1.87. The summed E-state index contributed by atoms with van der Waals surface area (Å²) >= 11 is 7.10. The number of aryl methyl sites for hydroxylation is 1. The Kier molecular flexibility index (Phi) is 4.83. The molecule has 1 heterocycles. The SMILES string of the molecule is Cc1cc(N2C(=O)C[C@H](Sc3ccccc3C(=O)O)C2=O)ccc1Cl. The van der Waals surface area contributed by atoms with Gasteiger partial charge in [0, 0.05) is 16.3 Å². The summed E-state index contributed by atoms with van der Waals surface area (Å²) in [6.45, 7) is 1.80. The molecular formula is C18H14ClNO4S. The van der Waals surface area contributed by atoms with Crippen LogP contribution in [0.2, 0.25) is 5.02 Å². The molecule has 1 N–H and O–H groups in total. The van der Waals surface area contributed by atoms with E-state index in [2.05, 4.69) is 0 Å². The maximum Gasteiger partial charge on any atom is 0.336 e. The van der Waals surface area contributed by atoms with E-state index in [0.29, 0.717) is 15.6 Å². The van der Waals surface area contributed by atoms with Crippen molar-refractivity contribution >= 4 is 46.8 Å². The van der Waals surface area contributed by atoms with Gasteiger partial charge in [0.1, 0.15) is 0 Å². The van der Waals surface area contributed by atoms with Crippen LogP contribution in [0.5, 0.6) is 0 Å². The van der Waals surface area contributed by atoms with E-state index < -0.39 is 11.2 Å². The highest BCUT2D eigenvalue weighted by Gasteiger charge is 2.40. The lowest BCUT2D eigenvalue weighted by atomic mass is 10.2. The van der Waals surface area contributed by atoms with Gasteiger partial charge in [0.25, 0.3) is 0 Å². The molecule has 0 unspecified atom stereocenters. The number of anilines is 1. The van der Waals surface area contributed by atoms with Gasteiger partial charge in [0.2, 0.25) is 11.8 Å². The molecule has 0 aromatic heterocycles. The maximum absolute atomic E-state index is 12.7. The number of hydrogen-bond donors (Lipinski definition) is 1. The van der Waals surface area contributed by atoms with Gasteiger partial charge in [-0.2, -0.15) is 0 Å². The molecule has 7 heteroatoms. The summed E-state index contributed by atoms with van der Waals surface area (Å²) in [5.74, 6) is -1.72. The molecule has 3 rings (SSSR count). The molecular weight excluding hydrogens is 362 g/mol. The standard InChI is InChI=1S/C18H14ClNO4S/c1-10-8-11(6-7-13(10)19)20-16(21)9-15(17(20)22)25-14-5-3-2-4-12(14)18(23)24/h2-8,15H,9H2,1H3,(H,23,24)/t15-/m0/s1. The van der Waals surface area contributed by atoms with Crippen molar-refractivity contribution in [2.45, 2.75) is 23.5 Å². The number of amides is 2. The van der Waals surface area contributed by atoms with Gasteiger partial charge in [-0.15, -0.1) is 11.8 Å². The number of aromatic carboxylic acids is 1. The molecule has 1 aliphatic rings. The van der Waals surface area contributed by atoms with Crippen LogP contribution < -0.4 is 4.90 Å². The first-order valence-corrected chi connectivity index (χ1v) is 8.76. The number of hydrogen-bond acceptors (Lipinski definition) is 4. The zero-order chi connectivity index (χ0) is 18.1. The number of halogens is 1. The van der Waals surface area contributed by atoms with Crippen molar-refractivity contribution in [3.8, 4) is 0 Å². The predicted octanol–water partition coefficient (Wildman–Crippen LogP) is 3.77. The Hall–Kier alpha value is -2.31. The summed E-state index contributed by atoms with van der Waals surface area (Å²) in [7, 11) is 0. The highest BCUT2D eigenvalue weighted by atomic mass is 35.5. The van der Waals surface area contributed by atoms with E-state index in [-0.39, 0.29) is 23.8 Å². The number of rotatable bonds is 4. The number of carboxylic acid groups (broad SMARTS) is 1. The second-order valence-corrected chi connectivity index (χ2v) is 7.26. The molecule has 0 aliphatic carbocycles. The molecule has 0 saturated carbocycles.